The van der Waals surface area contributed by atoms with E-state index in [-0.39, 0.29) is 0 Å². The van der Waals surface area contributed by atoms with Crippen LogP contribution >= 0.6 is 0 Å². The molecule has 0 aliphatic heterocycles. The highest BCUT2D eigenvalue weighted by atomic mass is 13.9. The smallest absolute Gasteiger partial charge is 0.00958 e. The lowest BCUT2D eigenvalue weighted by Gasteiger charge is -1.96. The molecule has 0 saturated heterocycles. The van der Waals surface area contributed by atoms with Crippen molar-refractivity contribution in [2.45, 2.75) is 20.3 Å². The molecule has 0 N–H and O–H groups in total. The van der Waals surface area contributed by atoms with Gasteiger partial charge in [0, 0.05) is 0 Å². The Morgan fingerprint density at radius 3 is 2.30 bits per heavy atom. The van der Waals surface area contributed by atoms with E-state index < -0.39 is 0 Å². The Morgan fingerprint density at radius 2 is 1.80 bits per heavy atom. The Labute approximate surface area is 62.9 Å². The third-order valence-corrected chi connectivity index (χ3v) is 1.52. The minimum atomic E-state index is 1.11. The molecule has 0 saturated carbocycles. The Hall–Kier alpha value is -0.780. The van der Waals surface area contributed by atoms with Gasteiger partial charge >= 0.3 is 0 Å². The van der Waals surface area contributed by atoms with E-state index in [4.69, 9.17) is 0 Å². The average molecular weight is 133 g/mol. The summed E-state index contributed by atoms with van der Waals surface area (Å²) in [6.45, 7) is 4.26. The molecule has 0 aliphatic rings. The normalized spacial score (nSPS) is 9.80. The maximum absolute atomic E-state index is 2.22. The fourth-order valence-electron chi connectivity index (χ4n) is 0.938. The quantitative estimate of drug-likeness (QED) is 0.582. The summed E-state index contributed by atoms with van der Waals surface area (Å²) in [5.41, 5.74) is 2.65. The monoisotopic (exact) mass is 133 g/mol. The van der Waals surface area contributed by atoms with Crippen LogP contribution in [-0.4, -0.2) is 0 Å². The molecule has 53 valence electrons. The summed E-state index contributed by atoms with van der Waals surface area (Å²) in [4.78, 5) is 0. The van der Waals surface area contributed by atoms with Gasteiger partial charge < -0.3 is 0 Å². The summed E-state index contributed by atoms with van der Waals surface area (Å²) in [6, 6.07) is 8.58. The highest BCUT2D eigenvalue weighted by molar-refractivity contribution is 5.26. The molecule has 0 aromatic heterocycles. The van der Waals surface area contributed by atoms with Gasteiger partial charge in [0.25, 0.3) is 0 Å². The Bertz CT molecular complexity index is 184. The predicted octanol–water partition coefficient (Wildman–Crippen LogP) is 2.96. The molecule has 0 amide bonds. The first kappa shape index (κ1) is 7.33. The third-order valence-electron chi connectivity index (χ3n) is 1.52. The van der Waals surface area contributed by atoms with Crippen LogP contribution in [0.15, 0.2) is 24.3 Å². The van der Waals surface area contributed by atoms with E-state index in [0.717, 1.165) is 6.42 Å². The fourth-order valence-corrected chi connectivity index (χ4v) is 0.938. The summed E-state index contributed by atoms with van der Waals surface area (Å²) in [5, 5.41) is 0. The van der Waals surface area contributed by atoms with Crippen molar-refractivity contribution in [3.05, 3.63) is 41.8 Å². The highest BCUT2D eigenvalue weighted by Gasteiger charge is 1.88. The summed E-state index contributed by atoms with van der Waals surface area (Å²) in [6.07, 6.45) is 3.34. The average Bonchev–Trinajstić information content (AvgIpc) is 1.95. The maximum Gasteiger partial charge on any atom is -0.00958 e. The minimum absolute atomic E-state index is 1.11. The van der Waals surface area contributed by atoms with Crippen molar-refractivity contribution in [1.82, 2.24) is 0 Å². The van der Waals surface area contributed by atoms with Crippen molar-refractivity contribution in [2.24, 2.45) is 0 Å². The van der Waals surface area contributed by atoms with Crippen LogP contribution in [0.5, 0.6) is 0 Å². The molecule has 0 fully saturated rings. The summed E-state index contributed by atoms with van der Waals surface area (Å²) < 4.78 is 0. The number of benzene rings is 1. The fraction of sp³-hybridized carbons (Fsp3) is 0.300. The van der Waals surface area contributed by atoms with E-state index in [1.807, 2.05) is 0 Å². The molecule has 0 unspecified atom stereocenters. The van der Waals surface area contributed by atoms with Crippen molar-refractivity contribution < 1.29 is 0 Å². The van der Waals surface area contributed by atoms with E-state index in [2.05, 4.69) is 44.5 Å². The van der Waals surface area contributed by atoms with E-state index >= 15 is 0 Å². The van der Waals surface area contributed by atoms with Crippen molar-refractivity contribution in [1.29, 1.82) is 0 Å². The van der Waals surface area contributed by atoms with Gasteiger partial charge in [-0.25, -0.2) is 0 Å². The van der Waals surface area contributed by atoms with Gasteiger partial charge in [-0.1, -0.05) is 36.8 Å². The molecule has 1 aromatic carbocycles. The molecule has 1 radical (unpaired) electrons. The molecular formula is C10H13. The van der Waals surface area contributed by atoms with Gasteiger partial charge in [0.15, 0.2) is 0 Å². The zero-order valence-corrected chi connectivity index (χ0v) is 6.59. The summed E-state index contributed by atoms with van der Waals surface area (Å²) in [7, 11) is 0. The highest BCUT2D eigenvalue weighted by Crippen LogP contribution is 2.06. The second-order valence-corrected chi connectivity index (χ2v) is 2.52. The van der Waals surface area contributed by atoms with Crippen LogP contribution in [0.4, 0.5) is 0 Å². The first-order chi connectivity index (χ1) is 4.83. The van der Waals surface area contributed by atoms with E-state index in [9.17, 15) is 0 Å². The van der Waals surface area contributed by atoms with Crippen molar-refractivity contribution >= 4 is 0 Å². The van der Waals surface area contributed by atoms with Crippen LogP contribution in [0.2, 0.25) is 0 Å². The second kappa shape index (κ2) is 3.40. The molecule has 1 rings (SSSR count). The van der Waals surface area contributed by atoms with Crippen molar-refractivity contribution in [2.75, 3.05) is 0 Å². The molecule has 0 bridgehead atoms. The van der Waals surface area contributed by atoms with E-state index in [0.29, 0.717) is 0 Å². The number of hydrogen-bond acceptors (Lipinski definition) is 0. The van der Waals surface area contributed by atoms with Gasteiger partial charge in [0.2, 0.25) is 0 Å². The van der Waals surface area contributed by atoms with Crippen LogP contribution in [0.1, 0.15) is 24.5 Å². The standard InChI is InChI=1S/C10H13/c1-3-4-10-7-5-9(2)6-8-10/h4-8H,3H2,1-2H3. The molecule has 0 heterocycles. The summed E-state index contributed by atoms with van der Waals surface area (Å²) in [5.74, 6) is 0. The molecule has 0 heteroatoms. The molecule has 0 atom stereocenters. The van der Waals surface area contributed by atoms with E-state index in [1.54, 1.807) is 0 Å². The maximum atomic E-state index is 2.22. The lowest BCUT2D eigenvalue weighted by Crippen LogP contribution is -1.78. The van der Waals surface area contributed by atoms with Crippen LogP contribution in [0.3, 0.4) is 0 Å². The largest absolute Gasteiger partial charge is 0.0648 e. The zero-order chi connectivity index (χ0) is 7.40. The second-order valence-electron chi connectivity index (χ2n) is 2.52. The minimum Gasteiger partial charge on any atom is -0.0648 e. The SMILES string of the molecule is CC[CH]c1ccc(C)cc1. The number of rotatable bonds is 2. The van der Waals surface area contributed by atoms with Gasteiger partial charge in [-0.2, -0.15) is 0 Å². The molecule has 10 heavy (non-hydrogen) atoms. The Morgan fingerprint density at radius 1 is 1.20 bits per heavy atom. The van der Waals surface area contributed by atoms with Gasteiger partial charge in [-0.05, 0) is 25.3 Å². The van der Waals surface area contributed by atoms with Crippen LogP contribution in [-0.2, 0) is 0 Å². The first-order valence-corrected chi connectivity index (χ1v) is 3.73. The van der Waals surface area contributed by atoms with Gasteiger partial charge in [0.05, 0.1) is 0 Å². The number of hydrogen-bond donors (Lipinski definition) is 0. The molecular weight excluding hydrogens is 120 g/mol. The first-order valence-electron chi connectivity index (χ1n) is 3.73. The number of aryl methyl sites for hydroxylation is 1. The van der Waals surface area contributed by atoms with Gasteiger partial charge in [-0.3, -0.25) is 0 Å². The molecule has 0 aliphatic carbocycles. The lowest BCUT2D eigenvalue weighted by molar-refractivity contribution is 1.12. The van der Waals surface area contributed by atoms with Gasteiger partial charge in [-0.15, -0.1) is 0 Å². The Kier molecular flexibility index (Phi) is 2.49. The van der Waals surface area contributed by atoms with Crippen LogP contribution < -0.4 is 0 Å². The van der Waals surface area contributed by atoms with Crippen molar-refractivity contribution in [3.8, 4) is 0 Å². The van der Waals surface area contributed by atoms with Gasteiger partial charge in [0.1, 0.15) is 0 Å². The van der Waals surface area contributed by atoms with Crippen LogP contribution in [0.25, 0.3) is 0 Å². The zero-order valence-electron chi connectivity index (χ0n) is 6.59. The van der Waals surface area contributed by atoms with Crippen LogP contribution in [0, 0.1) is 13.3 Å². The summed E-state index contributed by atoms with van der Waals surface area (Å²) >= 11 is 0. The van der Waals surface area contributed by atoms with E-state index in [1.165, 1.54) is 11.1 Å². The molecule has 1 aromatic rings. The van der Waals surface area contributed by atoms with Crippen molar-refractivity contribution in [3.63, 3.8) is 0 Å². The third kappa shape index (κ3) is 1.87. The lowest BCUT2D eigenvalue weighted by atomic mass is 10.1. The predicted molar refractivity (Wildman–Crippen MR) is 44.9 cm³/mol. The molecule has 0 spiro atoms. The molecule has 0 nitrogen and oxygen atoms in total. The topological polar surface area (TPSA) is 0 Å². The Balaban J connectivity index is 2.69.